The van der Waals surface area contributed by atoms with Gasteiger partial charge in [-0.3, -0.25) is 5.32 Å². The maximum Gasteiger partial charge on any atom is 0.412 e. The summed E-state index contributed by atoms with van der Waals surface area (Å²) < 4.78 is 4.99. The number of ether oxygens (including phenoxy) is 1. The first-order valence-electron chi connectivity index (χ1n) is 3.72. The molecule has 0 radical (unpaired) electrons. The van der Waals surface area contributed by atoms with E-state index in [1.165, 1.54) is 6.08 Å². The molecule has 1 saturated heterocycles. The predicted molar refractivity (Wildman–Crippen MR) is 42.0 cm³/mol. The van der Waals surface area contributed by atoms with Crippen LogP contribution >= 0.6 is 0 Å². The van der Waals surface area contributed by atoms with Crippen LogP contribution in [0, 0.1) is 11.3 Å². The number of alkyl carbamates (subject to hydrolysis) is 1. The zero-order valence-corrected chi connectivity index (χ0v) is 7.05. The van der Waals surface area contributed by atoms with Crippen LogP contribution in [0.2, 0.25) is 0 Å². The summed E-state index contributed by atoms with van der Waals surface area (Å²) in [6.45, 7) is 3.67. The molecule has 0 bridgehead atoms. The fourth-order valence-corrected chi connectivity index (χ4v) is 1.04. The van der Waals surface area contributed by atoms with Crippen LogP contribution < -0.4 is 5.32 Å². The van der Waals surface area contributed by atoms with Crippen molar-refractivity contribution in [1.82, 2.24) is 5.32 Å². The van der Waals surface area contributed by atoms with Crippen molar-refractivity contribution >= 4 is 6.09 Å². The van der Waals surface area contributed by atoms with Crippen molar-refractivity contribution in [2.45, 2.75) is 25.9 Å². The summed E-state index contributed by atoms with van der Waals surface area (Å²) >= 11 is 0. The van der Waals surface area contributed by atoms with E-state index in [0.29, 0.717) is 12.1 Å². The largest absolute Gasteiger partial charge is 0.437 e. The number of nitriles is 1. The third kappa shape index (κ3) is 1.26. The molecule has 64 valence electrons. The fourth-order valence-electron chi connectivity index (χ4n) is 1.04. The number of nitrogens with zero attached hydrogens (tertiary/aromatic N) is 1. The first-order valence-corrected chi connectivity index (χ1v) is 3.72. The van der Waals surface area contributed by atoms with Crippen molar-refractivity contribution in [3.63, 3.8) is 0 Å². The average molecular weight is 166 g/mol. The van der Waals surface area contributed by atoms with Crippen LogP contribution in [0.25, 0.3) is 0 Å². The molecular formula is C8H10N2O2. The third-order valence-corrected chi connectivity index (χ3v) is 2.01. The van der Waals surface area contributed by atoms with Gasteiger partial charge in [0.15, 0.2) is 5.60 Å². The summed E-state index contributed by atoms with van der Waals surface area (Å²) in [5, 5.41) is 10.9. The Bertz CT molecular complexity index is 277. The van der Waals surface area contributed by atoms with Crippen LogP contribution in [0.15, 0.2) is 11.8 Å². The topological polar surface area (TPSA) is 62.1 Å². The standard InChI is InChI=1S/C8H10N2O2/c1-3-8(2)6(4-5-9)10-7(11)12-8/h4H,3H2,1-2H3,(H,10,11)/b6-4-. The second-order valence-corrected chi connectivity index (χ2v) is 2.79. The van der Waals surface area contributed by atoms with Crippen molar-refractivity contribution in [3.8, 4) is 6.07 Å². The molecular weight excluding hydrogens is 156 g/mol. The predicted octanol–water partition coefficient (Wildman–Crippen LogP) is 1.30. The normalized spacial score (nSPS) is 31.1. The maximum absolute atomic E-state index is 10.8. The number of hydrogen-bond acceptors (Lipinski definition) is 3. The Morgan fingerprint density at radius 3 is 3.00 bits per heavy atom. The van der Waals surface area contributed by atoms with Gasteiger partial charge >= 0.3 is 6.09 Å². The molecule has 0 saturated carbocycles. The van der Waals surface area contributed by atoms with Crippen LogP contribution in [0.1, 0.15) is 20.3 Å². The van der Waals surface area contributed by atoms with Gasteiger partial charge in [0.05, 0.1) is 11.8 Å². The third-order valence-electron chi connectivity index (χ3n) is 2.01. The average Bonchev–Trinajstić information content (AvgIpc) is 2.29. The first kappa shape index (κ1) is 8.60. The molecule has 0 aromatic heterocycles. The van der Waals surface area contributed by atoms with Gasteiger partial charge in [0, 0.05) is 6.08 Å². The summed E-state index contributed by atoms with van der Waals surface area (Å²) in [7, 11) is 0. The van der Waals surface area contributed by atoms with Crippen LogP contribution in [0.4, 0.5) is 4.79 Å². The zero-order chi connectivity index (χ0) is 9.19. The Hall–Kier alpha value is -1.50. The van der Waals surface area contributed by atoms with Crippen LogP contribution in [-0.2, 0) is 4.74 Å². The van der Waals surface area contributed by atoms with E-state index in [1.807, 2.05) is 13.0 Å². The number of hydrogen-bond donors (Lipinski definition) is 1. The minimum atomic E-state index is -0.646. The van der Waals surface area contributed by atoms with E-state index in [2.05, 4.69) is 5.32 Å². The summed E-state index contributed by atoms with van der Waals surface area (Å²) in [5.74, 6) is 0. The van der Waals surface area contributed by atoms with E-state index in [0.717, 1.165) is 0 Å². The highest BCUT2D eigenvalue weighted by Crippen LogP contribution is 2.28. The molecule has 1 heterocycles. The zero-order valence-electron chi connectivity index (χ0n) is 7.05. The number of nitrogens with one attached hydrogen (secondary N) is 1. The molecule has 1 unspecified atom stereocenters. The molecule has 1 fully saturated rings. The van der Waals surface area contributed by atoms with Crippen LogP contribution in [-0.4, -0.2) is 11.7 Å². The van der Waals surface area contributed by atoms with Crippen molar-refractivity contribution < 1.29 is 9.53 Å². The smallest absolute Gasteiger partial charge is 0.412 e. The molecule has 1 rings (SSSR count). The van der Waals surface area contributed by atoms with Gasteiger partial charge in [0.1, 0.15) is 0 Å². The van der Waals surface area contributed by atoms with Crippen LogP contribution in [0.3, 0.4) is 0 Å². The molecule has 0 aliphatic carbocycles. The summed E-state index contributed by atoms with van der Waals surface area (Å²) in [5.41, 5.74) is -0.107. The lowest BCUT2D eigenvalue weighted by molar-refractivity contribution is 0.0816. The Labute approximate surface area is 70.8 Å². The Morgan fingerprint density at radius 2 is 2.50 bits per heavy atom. The second-order valence-electron chi connectivity index (χ2n) is 2.79. The summed E-state index contributed by atoms with van der Waals surface area (Å²) in [6, 6.07) is 1.86. The highest BCUT2D eigenvalue weighted by Gasteiger charge is 2.38. The number of carbonyl (C=O) groups excluding carboxylic acids is 1. The lowest BCUT2D eigenvalue weighted by atomic mass is 10.00. The molecule has 1 amide bonds. The fraction of sp³-hybridized carbons (Fsp3) is 0.500. The molecule has 0 aromatic carbocycles. The van der Waals surface area contributed by atoms with Gasteiger partial charge in [-0.2, -0.15) is 5.26 Å². The lowest BCUT2D eigenvalue weighted by Crippen LogP contribution is -2.25. The molecule has 0 spiro atoms. The molecule has 1 atom stereocenters. The van der Waals surface area contributed by atoms with Crippen molar-refractivity contribution in [1.29, 1.82) is 5.26 Å². The molecule has 12 heavy (non-hydrogen) atoms. The molecule has 4 nitrogen and oxygen atoms in total. The minimum absolute atomic E-state index is 0.485. The SMILES string of the molecule is CCC1(C)OC(=O)N/C1=C\C#N. The highest BCUT2D eigenvalue weighted by molar-refractivity contribution is 5.74. The maximum atomic E-state index is 10.8. The van der Waals surface area contributed by atoms with E-state index in [1.54, 1.807) is 6.92 Å². The van der Waals surface area contributed by atoms with Crippen molar-refractivity contribution in [2.24, 2.45) is 0 Å². The van der Waals surface area contributed by atoms with Gasteiger partial charge in [-0.1, -0.05) is 6.92 Å². The molecule has 1 aliphatic heterocycles. The van der Waals surface area contributed by atoms with E-state index in [-0.39, 0.29) is 0 Å². The van der Waals surface area contributed by atoms with Gasteiger partial charge < -0.3 is 4.74 Å². The van der Waals surface area contributed by atoms with Gasteiger partial charge in [0.2, 0.25) is 0 Å². The van der Waals surface area contributed by atoms with Crippen LogP contribution in [0.5, 0.6) is 0 Å². The molecule has 4 heteroatoms. The monoisotopic (exact) mass is 166 g/mol. The highest BCUT2D eigenvalue weighted by atomic mass is 16.6. The number of carbonyl (C=O) groups is 1. The quantitative estimate of drug-likeness (QED) is 0.597. The Morgan fingerprint density at radius 1 is 1.83 bits per heavy atom. The lowest BCUT2D eigenvalue weighted by Gasteiger charge is -2.19. The molecule has 1 N–H and O–H groups in total. The summed E-state index contributed by atoms with van der Waals surface area (Å²) in [6.07, 6.45) is 1.47. The van der Waals surface area contributed by atoms with E-state index in [9.17, 15) is 4.79 Å². The molecule has 0 aromatic rings. The second kappa shape index (κ2) is 2.86. The first-order chi connectivity index (χ1) is 5.62. The Balaban J connectivity index is 2.95. The molecule has 1 aliphatic rings. The number of cyclic esters (lactones) is 1. The number of amides is 1. The Kier molecular flexibility index (Phi) is 2.05. The van der Waals surface area contributed by atoms with Gasteiger partial charge in [0.25, 0.3) is 0 Å². The van der Waals surface area contributed by atoms with Crippen molar-refractivity contribution in [2.75, 3.05) is 0 Å². The van der Waals surface area contributed by atoms with E-state index >= 15 is 0 Å². The van der Waals surface area contributed by atoms with Gasteiger partial charge in [-0.25, -0.2) is 4.79 Å². The van der Waals surface area contributed by atoms with Gasteiger partial charge in [-0.15, -0.1) is 0 Å². The van der Waals surface area contributed by atoms with Crippen molar-refractivity contribution in [3.05, 3.63) is 11.8 Å². The number of allylic oxidation sites excluding steroid dienone is 1. The summed E-state index contributed by atoms with van der Waals surface area (Å²) in [4.78, 5) is 10.8. The van der Waals surface area contributed by atoms with E-state index in [4.69, 9.17) is 10.00 Å². The minimum Gasteiger partial charge on any atom is -0.437 e. The van der Waals surface area contributed by atoms with Gasteiger partial charge in [-0.05, 0) is 13.3 Å². The van der Waals surface area contributed by atoms with E-state index < -0.39 is 11.7 Å². The number of rotatable bonds is 1.